The summed E-state index contributed by atoms with van der Waals surface area (Å²) in [5, 5.41) is 11.9. The third-order valence-electron chi connectivity index (χ3n) is 3.44. The first-order valence-electron chi connectivity index (χ1n) is 6.43. The number of urea groups is 1. The minimum Gasteiger partial charge on any atom is -0.481 e. The van der Waals surface area contributed by atoms with E-state index < -0.39 is 11.5 Å². The third kappa shape index (κ3) is 3.75. The molecule has 5 heteroatoms. The molecule has 0 spiro atoms. The van der Waals surface area contributed by atoms with Crippen LogP contribution in [0, 0.1) is 0 Å². The second-order valence-electron chi connectivity index (χ2n) is 4.82. The zero-order chi connectivity index (χ0) is 13.6. The molecule has 1 rings (SSSR count). The van der Waals surface area contributed by atoms with Gasteiger partial charge in [-0.05, 0) is 19.8 Å². The summed E-state index contributed by atoms with van der Waals surface area (Å²) in [5.41, 5.74) is -0.558. The largest absolute Gasteiger partial charge is 0.481 e. The van der Waals surface area contributed by atoms with Crippen molar-refractivity contribution >= 4 is 12.0 Å². The monoisotopic (exact) mass is 254 g/mol. The topological polar surface area (TPSA) is 69.6 Å². The van der Waals surface area contributed by atoms with Gasteiger partial charge in [0.2, 0.25) is 0 Å². The number of carbonyl (C=O) groups excluding carboxylic acids is 1. The van der Waals surface area contributed by atoms with Crippen LogP contribution in [0.4, 0.5) is 4.79 Å². The summed E-state index contributed by atoms with van der Waals surface area (Å²) in [6, 6.07) is -0.194. The van der Waals surface area contributed by atoms with Gasteiger partial charge < -0.3 is 15.3 Å². The quantitative estimate of drug-likeness (QED) is 0.712. The van der Waals surface area contributed by atoms with Crippen LogP contribution >= 0.6 is 0 Å². The highest BCUT2D eigenvalue weighted by Crippen LogP contribution is 2.32. The molecule has 2 amide bonds. The van der Waals surface area contributed by atoms with E-state index in [1.165, 1.54) is 0 Å². The summed E-state index contributed by atoms with van der Waals surface area (Å²) < 4.78 is 0. The Balaban J connectivity index is 2.68. The minimum absolute atomic E-state index is 0.00435. The second-order valence-corrected chi connectivity index (χ2v) is 4.82. The maximum atomic E-state index is 12.1. The zero-order valence-corrected chi connectivity index (χ0v) is 10.9. The molecule has 0 aromatic carbocycles. The molecule has 1 aliphatic carbocycles. The SMILES string of the molecule is C=CCN(CC)C(=O)NC1(CC(=O)O)CCCC1. The van der Waals surface area contributed by atoms with E-state index in [-0.39, 0.29) is 12.5 Å². The Labute approximate surface area is 108 Å². The number of carbonyl (C=O) groups is 2. The van der Waals surface area contributed by atoms with Crippen LogP contribution in [0.2, 0.25) is 0 Å². The number of hydrogen-bond acceptors (Lipinski definition) is 2. The van der Waals surface area contributed by atoms with Gasteiger partial charge in [0.1, 0.15) is 0 Å². The average molecular weight is 254 g/mol. The van der Waals surface area contributed by atoms with Crippen LogP contribution in [0.15, 0.2) is 12.7 Å². The number of carboxylic acid groups (broad SMARTS) is 1. The highest BCUT2D eigenvalue weighted by molar-refractivity contribution is 5.77. The predicted octanol–water partition coefficient (Wildman–Crippen LogP) is 1.99. The summed E-state index contributed by atoms with van der Waals surface area (Å²) in [4.78, 5) is 24.6. The molecule has 102 valence electrons. The van der Waals surface area contributed by atoms with Gasteiger partial charge in [0, 0.05) is 13.1 Å². The molecule has 1 aliphatic rings. The summed E-state index contributed by atoms with van der Waals surface area (Å²) >= 11 is 0. The van der Waals surface area contributed by atoms with E-state index in [0.29, 0.717) is 13.1 Å². The van der Waals surface area contributed by atoms with Gasteiger partial charge in [-0.25, -0.2) is 4.79 Å². The number of nitrogens with one attached hydrogen (secondary N) is 1. The van der Waals surface area contributed by atoms with Crippen LogP contribution in [-0.2, 0) is 4.79 Å². The summed E-state index contributed by atoms with van der Waals surface area (Å²) in [5.74, 6) is -0.857. The number of rotatable bonds is 6. The molecule has 18 heavy (non-hydrogen) atoms. The van der Waals surface area contributed by atoms with Crippen LogP contribution < -0.4 is 5.32 Å². The Bertz CT molecular complexity index is 322. The summed E-state index contributed by atoms with van der Waals surface area (Å²) in [7, 11) is 0. The van der Waals surface area contributed by atoms with Gasteiger partial charge in [0.25, 0.3) is 0 Å². The van der Waals surface area contributed by atoms with Crippen molar-refractivity contribution in [2.45, 2.75) is 44.6 Å². The van der Waals surface area contributed by atoms with E-state index in [1.807, 2.05) is 6.92 Å². The van der Waals surface area contributed by atoms with Crippen LogP contribution in [0.3, 0.4) is 0 Å². The highest BCUT2D eigenvalue weighted by Gasteiger charge is 2.38. The van der Waals surface area contributed by atoms with Crippen molar-refractivity contribution in [1.29, 1.82) is 0 Å². The van der Waals surface area contributed by atoms with Gasteiger partial charge in [-0.1, -0.05) is 18.9 Å². The Kier molecular flexibility index (Phi) is 5.19. The molecule has 0 atom stereocenters. The van der Waals surface area contributed by atoms with E-state index in [9.17, 15) is 9.59 Å². The van der Waals surface area contributed by atoms with Crippen molar-refractivity contribution in [2.75, 3.05) is 13.1 Å². The van der Waals surface area contributed by atoms with Gasteiger partial charge in [0.05, 0.1) is 12.0 Å². The first kappa shape index (κ1) is 14.5. The number of nitrogens with zero attached hydrogens (tertiary/aromatic N) is 1. The van der Waals surface area contributed by atoms with Crippen LogP contribution in [0.1, 0.15) is 39.0 Å². The number of amides is 2. The molecule has 5 nitrogen and oxygen atoms in total. The molecule has 0 saturated heterocycles. The smallest absolute Gasteiger partial charge is 0.318 e. The van der Waals surface area contributed by atoms with Crippen molar-refractivity contribution in [3.05, 3.63) is 12.7 Å². The Morgan fingerprint density at radius 1 is 1.44 bits per heavy atom. The molecule has 2 N–H and O–H groups in total. The van der Waals surface area contributed by atoms with Crippen LogP contribution in [-0.4, -0.2) is 40.6 Å². The van der Waals surface area contributed by atoms with Crippen molar-refractivity contribution < 1.29 is 14.7 Å². The molecule has 0 radical (unpaired) electrons. The Morgan fingerprint density at radius 3 is 2.50 bits per heavy atom. The number of aliphatic carboxylic acids is 1. The van der Waals surface area contributed by atoms with E-state index in [0.717, 1.165) is 25.7 Å². The lowest BCUT2D eigenvalue weighted by molar-refractivity contribution is -0.138. The molecule has 1 saturated carbocycles. The van der Waals surface area contributed by atoms with E-state index >= 15 is 0 Å². The standard InChI is InChI=1S/C13H22N2O3/c1-3-9-15(4-2)12(18)14-13(10-11(16)17)7-5-6-8-13/h3H,1,4-10H2,2H3,(H,14,18)(H,16,17). The lowest BCUT2D eigenvalue weighted by Crippen LogP contribution is -2.52. The van der Waals surface area contributed by atoms with Crippen molar-refractivity contribution in [3.63, 3.8) is 0 Å². The van der Waals surface area contributed by atoms with Gasteiger partial charge in [-0.3, -0.25) is 4.79 Å². The van der Waals surface area contributed by atoms with Gasteiger partial charge in [-0.15, -0.1) is 6.58 Å². The van der Waals surface area contributed by atoms with Crippen LogP contribution in [0.25, 0.3) is 0 Å². The van der Waals surface area contributed by atoms with E-state index in [4.69, 9.17) is 5.11 Å². The lowest BCUT2D eigenvalue weighted by Gasteiger charge is -2.32. The van der Waals surface area contributed by atoms with Gasteiger partial charge in [-0.2, -0.15) is 0 Å². The summed E-state index contributed by atoms with van der Waals surface area (Å²) in [6.45, 7) is 6.57. The zero-order valence-electron chi connectivity index (χ0n) is 10.9. The second kappa shape index (κ2) is 6.42. The van der Waals surface area contributed by atoms with E-state index in [2.05, 4.69) is 11.9 Å². The number of carboxylic acids is 1. The Hall–Kier alpha value is -1.52. The molecule has 0 aromatic heterocycles. The summed E-state index contributed by atoms with van der Waals surface area (Å²) in [6.07, 6.45) is 5.11. The molecule has 1 fully saturated rings. The van der Waals surface area contributed by atoms with E-state index in [1.54, 1.807) is 11.0 Å². The predicted molar refractivity (Wildman–Crippen MR) is 69.4 cm³/mol. The minimum atomic E-state index is -0.857. The molecule has 0 aliphatic heterocycles. The maximum Gasteiger partial charge on any atom is 0.318 e. The number of likely N-dealkylation sites (N-methyl/N-ethyl adjacent to an activating group) is 1. The van der Waals surface area contributed by atoms with Crippen molar-refractivity contribution in [2.24, 2.45) is 0 Å². The Morgan fingerprint density at radius 2 is 2.06 bits per heavy atom. The first-order valence-corrected chi connectivity index (χ1v) is 6.43. The molecule has 0 heterocycles. The molecule has 0 aromatic rings. The van der Waals surface area contributed by atoms with Crippen molar-refractivity contribution in [3.8, 4) is 0 Å². The molecule has 0 bridgehead atoms. The van der Waals surface area contributed by atoms with Gasteiger partial charge in [0.15, 0.2) is 0 Å². The van der Waals surface area contributed by atoms with Crippen molar-refractivity contribution in [1.82, 2.24) is 10.2 Å². The number of hydrogen-bond donors (Lipinski definition) is 2. The fraction of sp³-hybridized carbons (Fsp3) is 0.692. The molecular weight excluding hydrogens is 232 g/mol. The first-order chi connectivity index (χ1) is 8.53. The normalized spacial score (nSPS) is 17.2. The van der Waals surface area contributed by atoms with Crippen LogP contribution in [0.5, 0.6) is 0 Å². The third-order valence-corrected chi connectivity index (χ3v) is 3.44. The highest BCUT2D eigenvalue weighted by atomic mass is 16.4. The maximum absolute atomic E-state index is 12.1. The molecular formula is C13H22N2O3. The fourth-order valence-electron chi connectivity index (χ4n) is 2.50. The van der Waals surface area contributed by atoms with Gasteiger partial charge >= 0.3 is 12.0 Å². The lowest BCUT2D eigenvalue weighted by atomic mass is 9.93. The average Bonchev–Trinajstić information content (AvgIpc) is 2.72. The fourth-order valence-corrected chi connectivity index (χ4v) is 2.50. The molecule has 0 unspecified atom stereocenters.